The molecule has 4 aromatic rings. The van der Waals surface area contributed by atoms with Crippen molar-refractivity contribution < 1.29 is 27.9 Å². The average molecular weight is 543 g/mol. The van der Waals surface area contributed by atoms with Gasteiger partial charge in [0.1, 0.15) is 5.69 Å². The standard InChI is InChI=1S/C27H25F3N4O3S/c1-15-8-22(27(28,29)30)34(32-15)19-4-2-16(3-5-19)13-33-7-6-21-23(33)20(14-38-21)24(35)31-18-11-26(12-18)9-17(10-26)25(36)37/h2-8,14,17-18H,9-13H2,1H3,(H,31,35)(H,36,37). The molecular weight excluding hydrogens is 517 g/mol. The number of aliphatic carboxylic acids is 1. The van der Waals surface area contributed by atoms with Gasteiger partial charge >= 0.3 is 12.1 Å². The van der Waals surface area contributed by atoms with Crippen LogP contribution >= 0.6 is 11.3 Å². The molecule has 1 spiro atoms. The third-order valence-corrected chi connectivity index (χ3v) is 8.72. The van der Waals surface area contributed by atoms with Crippen molar-refractivity contribution in [1.82, 2.24) is 19.7 Å². The van der Waals surface area contributed by atoms with Crippen molar-refractivity contribution in [3.05, 3.63) is 70.5 Å². The molecule has 7 nitrogen and oxygen atoms in total. The summed E-state index contributed by atoms with van der Waals surface area (Å²) in [6.07, 6.45) is 0.409. The van der Waals surface area contributed by atoms with Crippen LogP contribution in [0.15, 0.2) is 48.0 Å². The summed E-state index contributed by atoms with van der Waals surface area (Å²) in [5, 5.41) is 18.1. The highest BCUT2D eigenvalue weighted by Crippen LogP contribution is 2.58. The van der Waals surface area contributed by atoms with Crippen molar-refractivity contribution >= 4 is 33.4 Å². The second-order valence-electron chi connectivity index (χ2n) is 10.6. The van der Waals surface area contributed by atoms with Crippen LogP contribution in [0.5, 0.6) is 0 Å². The quantitative estimate of drug-likeness (QED) is 0.330. The number of nitrogens with zero attached hydrogens (tertiary/aromatic N) is 3. The molecule has 11 heteroatoms. The Bertz CT molecular complexity index is 1540. The smallest absolute Gasteiger partial charge is 0.433 e. The lowest BCUT2D eigenvalue weighted by Crippen LogP contribution is -2.57. The molecule has 1 amide bonds. The number of thiophene rings is 1. The van der Waals surface area contributed by atoms with Crippen molar-refractivity contribution in [2.45, 2.75) is 51.4 Å². The summed E-state index contributed by atoms with van der Waals surface area (Å²) >= 11 is 1.49. The van der Waals surface area contributed by atoms with Crippen LogP contribution in [-0.4, -0.2) is 37.4 Å². The Hall–Kier alpha value is -3.60. The van der Waals surface area contributed by atoms with Gasteiger partial charge in [0.25, 0.3) is 5.91 Å². The summed E-state index contributed by atoms with van der Waals surface area (Å²) < 4.78 is 44.0. The van der Waals surface area contributed by atoms with Crippen LogP contribution in [0, 0.1) is 18.3 Å². The zero-order valence-electron chi connectivity index (χ0n) is 20.5. The fourth-order valence-corrected chi connectivity index (χ4v) is 6.93. The molecule has 0 bridgehead atoms. The van der Waals surface area contributed by atoms with E-state index in [0.29, 0.717) is 30.6 Å². The first kappa shape index (κ1) is 24.7. The van der Waals surface area contributed by atoms with Crippen LogP contribution < -0.4 is 5.32 Å². The fraction of sp³-hybridized carbons (Fsp3) is 0.370. The third kappa shape index (κ3) is 4.28. The molecule has 0 radical (unpaired) electrons. The first-order valence-electron chi connectivity index (χ1n) is 12.3. The first-order chi connectivity index (χ1) is 18.0. The van der Waals surface area contributed by atoms with Gasteiger partial charge in [-0.25, -0.2) is 4.68 Å². The zero-order valence-corrected chi connectivity index (χ0v) is 21.3. The molecule has 1 aromatic carbocycles. The van der Waals surface area contributed by atoms with Crippen molar-refractivity contribution in [3.63, 3.8) is 0 Å². The van der Waals surface area contributed by atoms with E-state index in [1.165, 1.54) is 18.3 Å². The third-order valence-electron chi connectivity index (χ3n) is 7.79. The first-order valence-corrected chi connectivity index (χ1v) is 13.2. The fourth-order valence-electron chi connectivity index (χ4n) is 5.99. The minimum Gasteiger partial charge on any atom is -0.481 e. The Labute approximate surface area is 219 Å². The summed E-state index contributed by atoms with van der Waals surface area (Å²) in [7, 11) is 0. The Kier molecular flexibility index (Phi) is 5.67. The van der Waals surface area contributed by atoms with E-state index in [1.54, 1.807) is 24.3 Å². The molecule has 2 N–H and O–H groups in total. The highest BCUT2D eigenvalue weighted by molar-refractivity contribution is 7.17. The molecule has 0 aliphatic heterocycles. The van der Waals surface area contributed by atoms with E-state index in [-0.39, 0.29) is 29.0 Å². The number of amides is 1. The summed E-state index contributed by atoms with van der Waals surface area (Å²) in [6.45, 7) is 1.98. The molecule has 0 unspecified atom stereocenters. The molecule has 2 saturated carbocycles. The van der Waals surface area contributed by atoms with E-state index in [4.69, 9.17) is 5.11 Å². The molecular formula is C27H25F3N4O3S. The number of hydrogen-bond acceptors (Lipinski definition) is 4. The van der Waals surface area contributed by atoms with Gasteiger partial charge in [-0.1, -0.05) is 12.1 Å². The van der Waals surface area contributed by atoms with Gasteiger partial charge in [-0.2, -0.15) is 18.3 Å². The van der Waals surface area contributed by atoms with Crippen LogP contribution in [0.1, 0.15) is 53.0 Å². The van der Waals surface area contributed by atoms with Gasteiger partial charge in [-0.05, 0) is 67.9 Å². The second-order valence-corrected chi connectivity index (χ2v) is 11.5. The molecule has 2 fully saturated rings. The Balaban J connectivity index is 1.15. The minimum atomic E-state index is -4.51. The van der Waals surface area contributed by atoms with Gasteiger partial charge in [-0.15, -0.1) is 11.3 Å². The highest BCUT2D eigenvalue weighted by atomic mass is 32.1. The molecule has 3 aromatic heterocycles. The van der Waals surface area contributed by atoms with Crippen LogP contribution in [0.4, 0.5) is 13.2 Å². The predicted molar refractivity (Wildman–Crippen MR) is 136 cm³/mol. The number of benzene rings is 1. The van der Waals surface area contributed by atoms with Gasteiger partial charge in [0.05, 0.1) is 33.1 Å². The number of carboxylic acid groups (broad SMARTS) is 1. The molecule has 38 heavy (non-hydrogen) atoms. The van der Waals surface area contributed by atoms with E-state index in [1.807, 2.05) is 22.2 Å². The summed E-state index contributed by atoms with van der Waals surface area (Å²) in [4.78, 5) is 24.2. The number of alkyl halides is 3. The van der Waals surface area contributed by atoms with E-state index in [9.17, 15) is 22.8 Å². The number of carboxylic acids is 1. The van der Waals surface area contributed by atoms with Gasteiger partial charge in [0, 0.05) is 24.2 Å². The lowest BCUT2D eigenvalue weighted by molar-refractivity contribution is -0.155. The number of aromatic nitrogens is 3. The maximum atomic E-state index is 13.4. The second kappa shape index (κ2) is 8.72. The number of hydrogen-bond donors (Lipinski definition) is 2. The summed E-state index contributed by atoms with van der Waals surface area (Å²) in [5.74, 6) is -1.13. The molecule has 2 aliphatic rings. The van der Waals surface area contributed by atoms with Gasteiger partial charge in [0.15, 0.2) is 0 Å². The number of carbonyl (C=O) groups excluding carboxylic acids is 1. The Morgan fingerprint density at radius 1 is 1.16 bits per heavy atom. The number of nitrogens with one attached hydrogen (secondary N) is 1. The van der Waals surface area contributed by atoms with E-state index in [2.05, 4.69) is 10.4 Å². The Morgan fingerprint density at radius 3 is 2.53 bits per heavy atom. The number of rotatable bonds is 6. The molecule has 198 valence electrons. The molecule has 2 aliphatic carbocycles. The highest BCUT2D eigenvalue weighted by Gasteiger charge is 2.55. The van der Waals surface area contributed by atoms with Crippen LogP contribution in [-0.2, 0) is 17.5 Å². The average Bonchev–Trinajstić information content (AvgIpc) is 3.50. The number of aryl methyl sites for hydroxylation is 1. The topological polar surface area (TPSA) is 89.2 Å². The monoisotopic (exact) mass is 542 g/mol. The number of halogens is 3. The van der Waals surface area contributed by atoms with Gasteiger partial charge in [0.2, 0.25) is 0 Å². The van der Waals surface area contributed by atoms with E-state index >= 15 is 0 Å². The molecule has 0 saturated heterocycles. The van der Waals surface area contributed by atoms with Gasteiger partial charge < -0.3 is 15.0 Å². The lowest BCUT2D eigenvalue weighted by atomic mass is 9.50. The minimum absolute atomic E-state index is 0.0515. The van der Waals surface area contributed by atoms with Crippen molar-refractivity contribution in [3.8, 4) is 5.69 Å². The predicted octanol–water partition coefficient (Wildman–Crippen LogP) is 5.64. The van der Waals surface area contributed by atoms with Crippen molar-refractivity contribution in [1.29, 1.82) is 0 Å². The molecule has 6 rings (SSSR count). The summed E-state index contributed by atoms with van der Waals surface area (Å²) in [6, 6.07) is 9.78. The number of fused-ring (bicyclic) bond motifs is 1. The zero-order chi connectivity index (χ0) is 26.8. The van der Waals surface area contributed by atoms with Crippen molar-refractivity contribution in [2.75, 3.05) is 0 Å². The number of carbonyl (C=O) groups is 2. The van der Waals surface area contributed by atoms with E-state index in [0.717, 1.165) is 39.4 Å². The maximum Gasteiger partial charge on any atom is 0.433 e. The maximum absolute atomic E-state index is 13.4. The normalized spacial score (nSPS) is 22.8. The Morgan fingerprint density at radius 2 is 1.87 bits per heavy atom. The van der Waals surface area contributed by atoms with E-state index < -0.39 is 17.8 Å². The molecule has 0 atom stereocenters. The van der Waals surface area contributed by atoms with Gasteiger partial charge in [-0.3, -0.25) is 9.59 Å². The van der Waals surface area contributed by atoms with Crippen LogP contribution in [0.3, 0.4) is 0 Å². The van der Waals surface area contributed by atoms with Crippen molar-refractivity contribution in [2.24, 2.45) is 11.3 Å². The largest absolute Gasteiger partial charge is 0.481 e. The van der Waals surface area contributed by atoms with Crippen LogP contribution in [0.2, 0.25) is 0 Å². The lowest BCUT2D eigenvalue weighted by Gasteiger charge is -2.56. The van der Waals surface area contributed by atoms with Crippen LogP contribution in [0.25, 0.3) is 15.9 Å². The summed E-state index contributed by atoms with van der Waals surface area (Å²) in [5.41, 5.74) is 2.15. The SMILES string of the molecule is Cc1cc(C(F)(F)F)n(-c2ccc(Cn3ccc4scc(C(=O)NC5CC6(C5)CC(C(=O)O)C6)c43)cc2)n1. The molecule has 3 heterocycles.